The third-order valence-electron chi connectivity index (χ3n) is 7.04. The van der Waals surface area contributed by atoms with Crippen LogP contribution in [0.5, 0.6) is 0 Å². The van der Waals surface area contributed by atoms with Crippen molar-refractivity contribution < 1.29 is 3.79 Å². The van der Waals surface area contributed by atoms with Gasteiger partial charge in [-0.3, -0.25) is 0 Å². The van der Waals surface area contributed by atoms with Crippen LogP contribution in [-0.4, -0.2) is 21.7 Å². The molecule has 0 N–H and O–H groups in total. The molecule has 33 heavy (non-hydrogen) atoms. The van der Waals surface area contributed by atoms with Crippen molar-refractivity contribution in [1.29, 1.82) is 0 Å². The van der Waals surface area contributed by atoms with E-state index in [0.29, 0.717) is 6.10 Å². The molecule has 0 aromatic rings. The van der Waals surface area contributed by atoms with Crippen molar-refractivity contribution in [3.63, 3.8) is 0 Å². The topological polar surface area (TPSA) is 9.23 Å². The standard InChI is InChI=1S/C28H57.C3H7O.Al/c1-3-5-7-9-11-13-15-17-19-21-23-25-27-28-26-24-22-20-18-16-14-12-10-8-6-4-2;1-3(2)4;/h1,3-28H2,2H3;3H,1-2H3;/q;-1;+1. The average molecular weight is 480 g/mol. The minimum atomic E-state index is 0.256. The first-order valence-electron chi connectivity index (χ1n) is 15.7. The summed E-state index contributed by atoms with van der Waals surface area (Å²) in [5.41, 5.74) is 0. The fraction of sp³-hybridized carbons (Fsp3) is 1.00. The van der Waals surface area contributed by atoms with Crippen LogP contribution in [0.4, 0.5) is 0 Å². The highest BCUT2D eigenvalue weighted by Crippen LogP contribution is 2.16. The maximum atomic E-state index is 5.68. The predicted molar refractivity (Wildman–Crippen MR) is 152 cm³/mol. The van der Waals surface area contributed by atoms with Gasteiger partial charge < -0.3 is 3.79 Å². The molecule has 0 rings (SSSR count). The highest BCUT2D eigenvalue weighted by Gasteiger charge is 1.99. The van der Waals surface area contributed by atoms with Crippen molar-refractivity contribution in [3.8, 4) is 0 Å². The van der Waals surface area contributed by atoms with Gasteiger partial charge in [0.05, 0.1) is 0 Å². The monoisotopic (exact) mass is 479 g/mol. The summed E-state index contributed by atoms with van der Waals surface area (Å²) in [6.45, 7) is 6.60. The molecule has 0 aromatic carbocycles. The van der Waals surface area contributed by atoms with Crippen molar-refractivity contribution in [1.82, 2.24) is 0 Å². The largest absolute Gasteiger partial charge is 0.505 e. The molecule has 0 bridgehead atoms. The lowest BCUT2D eigenvalue weighted by Crippen LogP contribution is -2.06. The lowest BCUT2D eigenvalue weighted by Gasteiger charge is -2.06. The molecule has 0 heterocycles. The molecule has 0 saturated heterocycles. The van der Waals surface area contributed by atoms with Gasteiger partial charge in [0.15, 0.2) is 0 Å². The Bertz CT molecular complexity index is 331. The van der Waals surface area contributed by atoms with E-state index < -0.39 is 0 Å². The lowest BCUT2D eigenvalue weighted by atomic mass is 10.0. The van der Waals surface area contributed by atoms with Gasteiger partial charge in [0.2, 0.25) is 0 Å². The summed E-state index contributed by atoms with van der Waals surface area (Å²) < 4.78 is 5.68. The molecule has 0 aromatic heterocycles. The Morgan fingerprint density at radius 1 is 0.394 bits per heavy atom. The van der Waals surface area contributed by atoms with E-state index in [1.165, 1.54) is 172 Å². The second kappa shape index (κ2) is 30.5. The Morgan fingerprint density at radius 2 is 0.636 bits per heavy atom. The van der Waals surface area contributed by atoms with Gasteiger partial charge in [0.25, 0.3) is 0 Å². The zero-order chi connectivity index (χ0) is 24.1. The number of hydrogen-bond donors (Lipinski definition) is 0. The van der Waals surface area contributed by atoms with Crippen LogP contribution in [-0.2, 0) is 3.79 Å². The van der Waals surface area contributed by atoms with E-state index in [-0.39, 0.29) is 15.6 Å². The van der Waals surface area contributed by atoms with Crippen molar-refractivity contribution in [2.75, 3.05) is 0 Å². The molecule has 0 saturated carbocycles. The van der Waals surface area contributed by atoms with E-state index in [2.05, 4.69) is 20.8 Å². The minimum Gasteiger partial charge on any atom is -0.505 e. The van der Waals surface area contributed by atoms with Gasteiger partial charge in [-0.2, -0.15) is 0 Å². The van der Waals surface area contributed by atoms with Crippen molar-refractivity contribution >= 4 is 15.6 Å². The third-order valence-corrected chi connectivity index (χ3v) is 8.42. The van der Waals surface area contributed by atoms with E-state index in [1.807, 2.05) is 0 Å². The van der Waals surface area contributed by atoms with Gasteiger partial charge in [-0.1, -0.05) is 179 Å². The van der Waals surface area contributed by atoms with E-state index in [4.69, 9.17) is 3.79 Å². The molecule has 0 atom stereocenters. The van der Waals surface area contributed by atoms with Gasteiger partial charge >= 0.3 is 15.6 Å². The molecule has 0 aliphatic carbocycles. The molecular weight excluding hydrogens is 415 g/mol. The lowest BCUT2D eigenvalue weighted by molar-refractivity contribution is 0.254. The van der Waals surface area contributed by atoms with E-state index >= 15 is 0 Å². The van der Waals surface area contributed by atoms with Crippen LogP contribution < -0.4 is 0 Å². The molecule has 1 nitrogen and oxygen atoms in total. The van der Waals surface area contributed by atoms with Gasteiger partial charge in [0, 0.05) is 6.10 Å². The van der Waals surface area contributed by atoms with Crippen molar-refractivity contribution in [3.05, 3.63) is 0 Å². The Hall–Kier alpha value is 0.492. The zero-order valence-corrected chi connectivity index (χ0v) is 24.8. The highest BCUT2D eigenvalue weighted by molar-refractivity contribution is 6.27. The molecule has 0 aliphatic heterocycles. The first-order valence-corrected chi connectivity index (χ1v) is 17.0. The summed E-state index contributed by atoms with van der Waals surface area (Å²) in [6.07, 6.45) is 38.6. The van der Waals surface area contributed by atoms with Gasteiger partial charge in [0.1, 0.15) is 0 Å². The first kappa shape index (κ1) is 33.5. The third kappa shape index (κ3) is 32.5. The summed E-state index contributed by atoms with van der Waals surface area (Å²) in [5, 5.41) is 1.33. The zero-order valence-electron chi connectivity index (χ0n) is 23.7. The molecule has 1 radical (unpaired) electrons. The average Bonchev–Trinajstić information content (AvgIpc) is 2.80. The van der Waals surface area contributed by atoms with Crippen molar-refractivity contribution in [2.24, 2.45) is 0 Å². The second-order valence-corrected chi connectivity index (χ2v) is 12.2. The van der Waals surface area contributed by atoms with Crippen LogP contribution in [0, 0.1) is 0 Å². The Labute approximate surface area is 218 Å². The van der Waals surface area contributed by atoms with Crippen LogP contribution in [0.2, 0.25) is 5.28 Å². The van der Waals surface area contributed by atoms with E-state index in [9.17, 15) is 0 Å². The van der Waals surface area contributed by atoms with Crippen LogP contribution in [0.1, 0.15) is 188 Å². The van der Waals surface area contributed by atoms with Gasteiger partial charge in [-0.25, -0.2) is 0 Å². The second-order valence-electron chi connectivity index (χ2n) is 11.0. The first-order chi connectivity index (χ1) is 16.3. The minimum absolute atomic E-state index is 0.256. The SMILES string of the molecule is CCCCCCCCCCCCCCCCCCCCCCCCCCC[CH2][Al][O]C(C)C. The summed E-state index contributed by atoms with van der Waals surface area (Å²) in [6, 6.07) is 0. The molecule has 0 amide bonds. The highest BCUT2D eigenvalue weighted by atomic mass is 27.1. The quantitative estimate of drug-likeness (QED) is 0.0765. The Morgan fingerprint density at radius 3 is 0.879 bits per heavy atom. The molecule has 0 unspecified atom stereocenters. The fourth-order valence-corrected chi connectivity index (χ4v) is 5.78. The van der Waals surface area contributed by atoms with E-state index in [1.54, 1.807) is 0 Å². The molecule has 0 aliphatic rings. The van der Waals surface area contributed by atoms with Gasteiger partial charge in [-0.15, -0.1) is 0 Å². The van der Waals surface area contributed by atoms with Crippen molar-refractivity contribution in [2.45, 2.75) is 199 Å². The molecule has 2 heteroatoms. The Balaban J connectivity index is 3.00. The fourth-order valence-electron chi connectivity index (χ4n) is 4.80. The normalized spacial score (nSPS) is 11.5. The number of hydrogen-bond acceptors (Lipinski definition) is 1. The maximum Gasteiger partial charge on any atom is 0.423 e. The van der Waals surface area contributed by atoms with Crippen LogP contribution in [0.3, 0.4) is 0 Å². The number of unbranched alkanes of at least 4 members (excludes halogenated alkanes) is 25. The molecule has 0 spiro atoms. The molecular formula is C31H64AlO. The predicted octanol–water partition coefficient (Wildman–Crippen LogP) is 11.6. The van der Waals surface area contributed by atoms with Gasteiger partial charge in [-0.05, 0) is 13.8 Å². The van der Waals surface area contributed by atoms with Crippen LogP contribution >= 0.6 is 0 Å². The van der Waals surface area contributed by atoms with E-state index in [0.717, 1.165) is 0 Å². The summed E-state index contributed by atoms with van der Waals surface area (Å²) >= 11 is 0.256. The smallest absolute Gasteiger partial charge is 0.423 e. The molecule has 0 fully saturated rings. The van der Waals surface area contributed by atoms with Crippen LogP contribution in [0.25, 0.3) is 0 Å². The molecule has 197 valence electrons. The summed E-state index contributed by atoms with van der Waals surface area (Å²) in [7, 11) is 0. The number of rotatable bonds is 29. The summed E-state index contributed by atoms with van der Waals surface area (Å²) in [4.78, 5) is 0. The maximum absolute atomic E-state index is 5.68. The summed E-state index contributed by atoms with van der Waals surface area (Å²) in [5.74, 6) is 0. The van der Waals surface area contributed by atoms with Crippen LogP contribution in [0.15, 0.2) is 0 Å². The Kier molecular flexibility index (Phi) is 31.0.